The predicted octanol–water partition coefficient (Wildman–Crippen LogP) is 3.32. The summed E-state index contributed by atoms with van der Waals surface area (Å²) >= 11 is 1.36. The number of thiazole rings is 1. The summed E-state index contributed by atoms with van der Waals surface area (Å²) in [5, 5.41) is 15.3. The average Bonchev–Trinajstić information content (AvgIpc) is 3.43. The second kappa shape index (κ2) is 7.01. The quantitative estimate of drug-likeness (QED) is 0.566. The SMILES string of the molecule is Oc1c(C(c2ccc(F)cc2)N2CCOCC2)sc2nc(-c3ccco3)nn12. The summed E-state index contributed by atoms with van der Waals surface area (Å²) in [5.74, 6) is 0.702. The molecule has 1 aliphatic rings. The molecule has 1 N–H and O–H groups in total. The molecule has 4 aromatic rings. The fraction of sp³-hybridized carbons (Fsp3) is 0.263. The van der Waals surface area contributed by atoms with Crippen molar-refractivity contribution < 1.29 is 18.7 Å². The maximum absolute atomic E-state index is 13.5. The number of furan rings is 1. The standard InChI is InChI=1S/C19H17FN4O3S/c20-13-5-3-12(4-6-13)15(23-7-10-26-11-8-23)16-18(25)24-19(28-16)21-17(22-24)14-2-1-9-27-14/h1-6,9,15,25H,7-8,10-11H2. The summed E-state index contributed by atoms with van der Waals surface area (Å²) in [6.45, 7) is 2.66. The molecule has 0 bridgehead atoms. The predicted molar refractivity (Wildman–Crippen MR) is 101 cm³/mol. The van der Waals surface area contributed by atoms with Gasteiger partial charge in [0, 0.05) is 13.1 Å². The van der Waals surface area contributed by atoms with Gasteiger partial charge in [0.1, 0.15) is 5.82 Å². The van der Waals surface area contributed by atoms with Crippen LogP contribution < -0.4 is 0 Å². The molecule has 4 heterocycles. The zero-order valence-corrected chi connectivity index (χ0v) is 15.6. The highest BCUT2D eigenvalue weighted by atomic mass is 32.1. The highest BCUT2D eigenvalue weighted by molar-refractivity contribution is 7.17. The van der Waals surface area contributed by atoms with E-state index in [9.17, 15) is 9.50 Å². The van der Waals surface area contributed by atoms with Gasteiger partial charge in [0.2, 0.25) is 16.7 Å². The smallest absolute Gasteiger partial charge is 0.230 e. The van der Waals surface area contributed by atoms with Crippen LogP contribution in [0.25, 0.3) is 16.5 Å². The van der Waals surface area contributed by atoms with Crippen LogP contribution in [0.1, 0.15) is 16.5 Å². The molecule has 1 saturated heterocycles. The minimum atomic E-state index is -0.292. The lowest BCUT2D eigenvalue weighted by Gasteiger charge is -2.34. The monoisotopic (exact) mass is 400 g/mol. The van der Waals surface area contributed by atoms with Gasteiger partial charge in [-0.3, -0.25) is 4.90 Å². The average molecular weight is 400 g/mol. The van der Waals surface area contributed by atoms with Crippen LogP contribution in [0.15, 0.2) is 47.1 Å². The number of aromatic hydroxyl groups is 1. The molecular weight excluding hydrogens is 383 g/mol. The zero-order chi connectivity index (χ0) is 19.1. The van der Waals surface area contributed by atoms with Crippen molar-refractivity contribution in [1.82, 2.24) is 19.5 Å². The Bertz CT molecular complexity index is 1080. The highest BCUT2D eigenvalue weighted by Gasteiger charge is 2.31. The Labute approximate surface area is 163 Å². The van der Waals surface area contributed by atoms with Gasteiger partial charge < -0.3 is 14.3 Å². The van der Waals surface area contributed by atoms with E-state index in [1.807, 2.05) is 0 Å². The van der Waals surface area contributed by atoms with Crippen molar-refractivity contribution in [2.24, 2.45) is 0 Å². The zero-order valence-electron chi connectivity index (χ0n) is 14.8. The molecule has 144 valence electrons. The third-order valence-corrected chi connectivity index (χ3v) is 5.86. The number of nitrogens with zero attached hydrogens (tertiary/aromatic N) is 4. The van der Waals surface area contributed by atoms with Crippen LogP contribution in [0, 0.1) is 5.82 Å². The molecule has 3 aromatic heterocycles. The summed E-state index contributed by atoms with van der Waals surface area (Å²) in [5.41, 5.74) is 0.898. The van der Waals surface area contributed by atoms with Crippen LogP contribution in [0.5, 0.6) is 5.88 Å². The number of ether oxygens (including phenoxy) is 1. The molecule has 0 amide bonds. The Morgan fingerprint density at radius 2 is 1.93 bits per heavy atom. The molecule has 1 aliphatic heterocycles. The lowest BCUT2D eigenvalue weighted by Crippen LogP contribution is -2.39. The third-order valence-electron chi connectivity index (χ3n) is 4.79. The highest BCUT2D eigenvalue weighted by Crippen LogP contribution is 2.40. The van der Waals surface area contributed by atoms with Crippen LogP contribution in [0.4, 0.5) is 4.39 Å². The Morgan fingerprint density at radius 1 is 1.14 bits per heavy atom. The number of benzene rings is 1. The van der Waals surface area contributed by atoms with Crippen LogP contribution in [0.3, 0.4) is 0 Å². The largest absolute Gasteiger partial charge is 0.492 e. The number of fused-ring (bicyclic) bond motifs is 1. The maximum atomic E-state index is 13.5. The van der Waals surface area contributed by atoms with E-state index in [2.05, 4.69) is 15.0 Å². The molecule has 1 fully saturated rings. The van der Waals surface area contributed by atoms with E-state index >= 15 is 0 Å². The van der Waals surface area contributed by atoms with Gasteiger partial charge in [0.05, 0.1) is 30.4 Å². The molecule has 28 heavy (non-hydrogen) atoms. The molecular formula is C19H17FN4O3S. The van der Waals surface area contributed by atoms with Gasteiger partial charge in [-0.2, -0.15) is 9.50 Å². The van der Waals surface area contributed by atoms with Crippen molar-refractivity contribution in [1.29, 1.82) is 0 Å². The number of hydrogen-bond donors (Lipinski definition) is 1. The van der Waals surface area contributed by atoms with Gasteiger partial charge in [-0.15, -0.1) is 5.10 Å². The van der Waals surface area contributed by atoms with E-state index in [4.69, 9.17) is 9.15 Å². The number of morpholine rings is 1. The van der Waals surface area contributed by atoms with Gasteiger partial charge in [-0.25, -0.2) is 4.39 Å². The van der Waals surface area contributed by atoms with Crippen LogP contribution in [-0.2, 0) is 4.74 Å². The lowest BCUT2D eigenvalue weighted by molar-refractivity contribution is 0.0241. The number of aromatic nitrogens is 3. The molecule has 0 aliphatic carbocycles. The van der Waals surface area contributed by atoms with E-state index in [-0.39, 0.29) is 17.7 Å². The topological polar surface area (TPSA) is 76.0 Å². The van der Waals surface area contributed by atoms with Crippen molar-refractivity contribution in [3.8, 4) is 17.5 Å². The van der Waals surface area contributed by atoms with E-state index in [1.165, 1.54) is 28.0 Å². The number of halogens is 1. The first-order chi connectivity index (χ1) is 13.7. The Balaban J connectivity index is 1.59. The third kappa shape index (κ3) is 2.97. The first kappa shape index (κ1) is 17.4. The van der Waals surface area contributed by atoms with Crippen molar-refractivity contribution in [3.05, 3.63) is 58.9 Å². The van der Waals surface area contributed by atoms with Crippen molar-refractivity contribution in [3.63, 3.8) is 0 Å². The summed E-state index contributed by atoms with van der Waals surface area (Å²) in [7, 11) is 0. The van der Waals surface area contributed by atoms with Gasteiger partial charge in [-0.1, -0.05) is 23.5 Å². The fourth-order valence-corrected chi connectivity index (χ4v) is 4.56. The Morgan fingerprint density at radius 3 is 2.61 bits per heavy atom. The summed E-state index contributed by atoms with van der Waals surface area (Å²) in [4.78, 5) is 7.99. The maximum Gasteiger partial charge on any atom is 0.230 e. The molecule has 0 radical (unpaired) electrons. The minimum Gasteiger partial charge on any atom is -0.492 e. The molecule has 9 heteroatoms. The van der Waals surface area contributed by atoms with E-state index < -0.39 is 0 Å². The van der Waals surface area contributed by atoms with Gasteiger partial charge >= 0.3 is 0 Å². The number of hydrogen-bond acceptors (Lipinski definition) is 7. The first-order valence-corrected chi connectivity index (χ1v) is 9.72. The molecule has 0 spiro atoms. The fourth-order valence-electron chi connectivity index (χ4n) is 3.45. The first-order valence-electron chi connectivity index (χ1n) is 8.90. The Hall–Kier alpha value is -2.75. The summed E-state index contributed by atoms with van der Waals surface area (Å²) in [6, 6.07) is 9.67. The van der Waals surface area contributed by atoms with Crippen LogP contribution >= 0.6 is 11.3 Å². The van der Waals surface area contributed by atoms with Crippen molar-refractivity contribution in [2.45, 2.75) is 6.04 Å². The Kier molecular flexibility index (Phi) is 4.34. The normalized spacial score (nSPS) is 16.6. The molecule has 1 aromatic carbocycles. The molecule has 7 nitrogen and oxygen atoms in total. The second-order valence-electron chi connectivity index (χ2n) is 6.50. The molecule has 1 unspecified atom stereocenters. The summed E-state index contributed by atoms with van der Waals surface area (Å²) < 4.78 is 25.7. The van der Waals surface area contributed by atoms with Gasteiger partial charge in [0.15, 0.2) is 5.76 Å². The van der Waals surface area contributed by atoms with E-state index in [0.29, 0.717) is 42.8 Å². The van der Waals surface area contributed by atoms with Crippen LogP contribution in [0.2, 0.25) is 0 Å². The van der Waals surface area contributed by atoms with Crippen molar-refractivity contribution >= 4 is 16.3 Å². The van der Waals surface area contributed by atoms with Gasteiger partial charge in [-0.05, 0) is 29.8 Å². The van der Waals surface area contributed by atoms with E-state index in [0.717, 1.165) is 10.4 Å². The van der Waals surface area contributed by atoms with Crippen molar-refractivity contribution in [2.75, 3.05) is 26.3 Å². The molecule has 0 saturated carbocycles. The summed E-state index contributed by atoms with van der Waals surface area (Å²) in [6.07, 6.45) is 1.55. The second-order valence-corrected chi connectivity index (χ2v) is 7.51. The molecule has 5 rings (SSSR count). The van der Waals surface area contributed by atoms with Crippen LogP contribution in [-0.4, -0.2) is 50.9 Å². The lowest BCUT2D eigenvalue weighted by atomic mass is 10.0. The number of rotatable bonds is 4. The minimum absolute atomic E-state index is 0.0334. The van der Waals surface area contributed by atoms with Gasteiger partial charge in [0.25, 0.3) is 0 Å². The van der Waals surface area contributed by atoms with E-state index in [1.54, 1.807) is 30.5 Å². The molecule has 1 atom stereocenters.